The highest BCUT2D eigenvalue weighted by Crippen LogP contribution is 2.42. The topological polar surface area (TPSA) is 18.5 Å². The number of hydrogen-bond acceptors (Lipinski definition) is 2. The number of halogens is 2. The molecular formula is C7H3Cl2O2. The van der Waals surface area contributed by atoms with Crippen LogP contribution in [-0.4, -0.2) is 4.71 Å². The van der Waals surface area contributed by atoms with E-state index < -0.39 is 4.71 Å². The number of rotatable bonds is 0. The van der Waals surface area contributed by atoms with Crippen molar-refractivity contribution in [3.63, 3.8) is 0 Å². The minimum atomic E-state index is -1.57. The van der Waals surface area contributed by atoms with Crippen LogP contribution in [-0.2, 0) is 0 Å². The second-order valence-corrected chi connectivity index (χ2v) is 3.23. The fourth-order valence-electron chi connectivity index (χ4n) is 0.842. The molecule has 2 rings (SSSR count). The van der Waals surface area contributed by atoms with E-state index >= 15 is 0 Å². The lowest BCUT2D eigenvalue weighted by molar-refractivity contribution is 0.0849. The molecule has 1 aliphatic heterocycles. The van der Waals surface area contributed by atoms with Crippen LogP contribution in [0.1, 0.15) is 0 Å². The van der Waals surface area contributed by atoms with Gasteiger partial charge in [-0.2, -0.15) is 0 Å². The zero-order valence-corrected chi connectivity index (χ0v) is 6.82. The van der Waals surface area contributed by atoms with Crippen LogP contribution < -0.4 is 9.47 Å². The van der Waals surface area contributed by atoms with Gasteiger partial charge in [0.15, 0.2) is 11.5 Å². The second-order valence-electron chi connectivity index (χ2n) is 2.04. The summed E-state index contributed by atoms with van der Waals surface area (Å²) in [7, 11) is 0. The molecule has 1 radical (unpaired) electrons. The van der Waals surface area contributed by atoms with Crippen LogP contribution in [0.5, 0.6) is 11.5 Å². The monoisotopic (exact) mass is 189 g/mol. The SMILES string of the molecule is ClC1(Cl)Oc2c[c]ccc2O1. The summed E-state index contributed by atoms with van der Waals surface area (Å²) in [5, 5.41) is 0. The Morgan fingerprint density at radius 2 is 2.00 bits per heavy atom. The lowest BCUT2D eigenvalue weighted by Gasteiger charge is -2.09. The number of ether oxygens (including phenoxy) is 2. The average Bonchev–Trinajstić information content (AvgIpc) is 2.21. The predicted octanol–water partition coefficient (Wildman–Crippen LogP) is 2.35. The van der Waals surface area contributed by atoms with Crippen molar-refractivity contribution in [3.05, 3.63) is 24.3 Å². The van der Waals surface area contributed by atoms with Gasteiger partial charge in [-0.3, -0.25) is 0 Å². The van der Waals surface area contributed by atoms with Crippen molar-refractivity contribution in [2.45, 2.75) is 4.71 Å². The van der Waals surface area contributed by atoms with E-state index in [0.29, 0.717) is 11.5 Å². The molecule has 0 bridgehead atoms. The Bertz CT molecular complexity index is 259. The molecule has 1 aromatic carbocycles. The molecule has 0 unspecified atom stereocenters. The molecule has 0 atom stereocenters. The number of fused-ring (bicyclic) bond motifs is 1. The summed E-state index contributed by atoms with van der Waals surface area (Å²) >= 11 is 11.1. The number of alkyl halides is 2. The summed E-state index contributed by atoms with van der Waals surface area (Å²) in [5.41, 5.74) is 0. The largest absolute Gasteiger partial charge is 0.423 e. The first-order valence-corrected chi connectivity index (χ1v) is 3.69. The van der Waals surface area contributed by atoms with Crippen LogP contribution in [0.4, 0.5) is 0 Å². The Balaban J connectivity index is 2.41. The highest BCUT2D eigenvalue weighted by atomic mass is 35.5. The van der Waals surface area contributed by atoms with E-state index in [2.05, 4.69) is 6.07 Å². The first-order chi connectivity index (χ1) is 5.17. The van der Waals surface area contributed by atoms with Gasteiger partial charge in [-0.15, -0.1) is 0 Å². The number of benzene rings is 1. The molecule has 4 heteroatoms. The van der Waals surface area contributed by atoms with Gasteiger partial charge in [0.1, 0.15) is 0 Å². The Morgan fingerprint density at radius 1 is 1.27 bits per heavy atom. The van der Waals surface area contributed by atoms with Gasteiger partial charge in [0.2, 0.25) is 0 Å². The molecule has 57 valence electrons. The van der Waals surface area contributed by atoms with E-state index in [1.807, 2.05) is 0 Å². The van der Waals surface area contributed by atoms with Gasteiger partial charge in [0, 0.05) is 0 Å². The van der Waals surface area contributed by atoms with Crippen LogP contribution in [0.15, 0.2) is 18.2 Å². The molecule has 0 fully saturated rings. The molecule has 1 aliphatic rings. The van der Waals surface area contributed by atoms with Crippen molar-refractivity contribution in [1.82, 2.24) is 0 Å². The zero-order chi connectivity index (χ0) is 7.90. The summed E-state index contributed by atoms with van der Waals surface area (Å²) in [5.74, 6) is 1.05. The normalized spacial score (nSPS) is 18.4. The van der Waals surface area contributed by atoms with E-state index in [0.717, 1.165) is 0 Å². The van der Waals surface area contributed by atoms with Gasteiger partial charge in [-0.1, -0.05) is 6.07 Å². The summed E-state index contributed by atoms with van der Waals surface area (Å²) in [6.45, 7) is 0. The maximum Gasteiger partial charge on any atom is 0.419 e. The molecule has 1 aromatic rings. The Hall–Kier alpha value is -0.600. The van der Waals surface area contributed by atoms with Crippen molar-refractivity contribution in [2.75, 3.05) is 0 Å². The minimum absolute atomic E-state index is 0.512. The molecular weight excluding hydrogens is 187 g/mol. The maximum atomic E-state index is 5.54. The van der Waals surface area contributed by atoms with Crippen LogP contribution in [0, 0.1) is 6.07 Å². The smallest absolute Gasteiger partial charge is 0.419 e. The highest BCUT2D eigenvalue weighted by molar-refractivity contribution is 6.46. The van der Waals surface area contributed by atoms with Crippen molar-refractivity contribution < 1.29 is 9.47 Å². The summed E-state index contributed by atoms with van der Waals surface area (Å²) in [6.07, 6.45) is 0. The molecule has 1 heterocycles. The second kappa shape index (κ2) is 2.19. The quantitative estimate of drug-likeness (QED) is 0.584. The molecule has 0 amide bonds. The molecule has 0 saturated heterocycles. The third-order valence-electron chi connectivity index (χ3n) is 1.25. The fourth-order valence-corrected chi connectivity index (χ4v) is 1.17. The van der Waals surface area contributed by atoms with E-state index in [1.54, 1.807) is 18.2 Å². The van der Waals surface area contributed by atoms with E-state index in [4.69, 9.17) is 32.7 Å². The van der Waals surface area contributed by atoms with E-state index in [1.165, 1.54) is 0 Å². The van der Waals surface area contributed by atoms with E-state index in [-0.39, 0.29) is 0 Å². The van der Waals surface area contributed by atoms with E-state index in [9.17, 15) is 0 Å². The van der Waals surface area contributed by atoms with Crippen LogP contribution in [0.2, 0.25) is 0 Å². The van der Waals surface area contributed by atoms with Gasteiger partial charge in [-0.25, -0.2) is 0 Å². The molecule has 0 spiro atoms. The molecule has 0 aliphatic carbocycles. The first-order valence-electron chi connectivity index (χ1n) is 2.93. The van der Waals surface area contributed by atoms with Crippen molar-refractivity contribution in [2.24, 2.45) is 0 Å². The molecule has 11 heavy (non-hydrogen) atoms. The standard InChI is InChI=1S/C7H3Cl2O2/c8-7(9)10-5-3-1-2-4-6(5)11-7/h1,3-4H. The number of hydrogen-bond donors (Lipinski definition) is 0. The average molecular weight is 190 g/mol. The minimum Gasteiger partial charge on any atom is -0.423 e. The van der Waals surface area contributed by atoms with Gasteiger partial charge < -0.3 is 9.47 Å². The molecule has 0 N–H and O–H groups in total. The van der Waals surface area contributed by atoms with Crippen LogP contribution in [0.25, 0.3) is 0 Å². The van der Waals surface area contributed by atoms with Crippen molar-refractivity contribution in [3.8, 4) is 11.5 Å². The Morgan fingerprint density at radius 3 is 2.73 bits per heavy atom. The van der Waals surface area contributed by atoms with Crippen molar-refractivity contribution >= 4 is 23.2 Å². The Kier molecular flexibility index (Phi) is 1.41. The van der Waals surface area contributed by atoms with Gasteiger partial charge in [0.05, 0.1) is 0 Å². The van der Waals surface area contributed by atoms with Gasteiger partial charge in [-0.05, 0) is 41.4 Å². The molecule has 2 nitrogen and oxygen atoms in total. The zero-order valence-electron chi connectivity index (χ0n) is 5.30. The lowest BCUT2D eigenvalue weighted by atomic mass is 10.3. The summed E-state index contributed by atoms with van der Waals surface area (Å²) < 4.78 is 8.38. The third-order valence-corrected chi connectivity index (χ3v) is 1.55. The molecule has 0 aromatic heterocycles. The lowest BCUT2D eigenvalue weighted by Crippen LogP contribution is -2.22. The Labute approximate surface area is 73.6 Å². The fraction of sp³-hybridized carbons (Fsp3) is 0.143. The predicted molar refractivity (Wildman–Crippen MR) is 41.0 cm³/mol. The summed E-state index contributed by atoms with van der Waals surface area (Å²) in [4.78, 5) is 0. The highest BCUT2D eigenvalue weighted by Gasteiger charge is 2.37. The van der Waals surface area contributed by atoms with Gasteiger partial charge >= 0.3 is 4.71 Å². The van der Waals surface area contributed by atoms with Gasteiger partial charge in [0.25, 0.3) is 0 Å². The molecule has 0 saturated carbocycles. The van der Waals surface area contributed by atoms with Crippen LogP contribution >= 0.6 is 23.2 Å². The maximum absolute atomic E-state index is 5.54. The van der Waals surface area contributed by atoms with Crippen molar-refractivity contribution in [1.29, 1.82) is 0 Å². The summed E-state index contributed by atoms with van der Waals surface area (Å²) in [6, 6.07) is 7.80. The third kappa shape index (κ3) is 1.24. The van der Waals surface area contributed by atoms with Crippen LogP contribution in [0.3, 0.4) is 0 Å². The first kappa shape index (κ1) is 7.07.